The molecule has 1 saturated carbocycles. The first-order valence-electron chi connectivity index (χ1n) is 6.03. The normalized spacial score (nSPS) is 19.5. The summed E-state index contributed by atoms with van der Waals surface area (Å²) in [6, 6.07) is 1.97. The molecule has 0 spiro atoms. The third kappa shape index (κ3) is 3.26. The van der Waals surface area contributed by atoms with E-state index >= 15 is 0 Å². The molecule has 1 aromatic heterocycles. The molecule has 0 bridgehead atoms. The van der Waals surface area contributed by atoms with Crippen molar-refractivity contribution in [3.05, 3.63) is 11.8 Å². The van der Waals surface area contributed by atoms with Crippen molar-refractivity contribution in [2.75, 3.05) is 0 Å². The summed E-state index contributed by atoms with van der Waals surface area (Å²) < 4.78 is 5.87. The van der Waals surface area contributed by atoms with Gasteiger partial charge in [0.1, 0.15) is 6.10 Å². The zero-order valence-electron chi connectivity index (χ0n) is 9.46. The number of hydrogen-bond donors (Lipinski definition) is 1. The number of hydrogen-bond acceptors (Lipinski definition) is 2. The first-order chi connectivity index (χ1) is 7.34. The highest BCUT2D eigenvalue weighted by atomic mass is 16.5. The van der Waals surface area contributed by atoms with Gasteiger partial charge in [-0.25, -0.2) is 0 Å². The molecule has 0 amide bonds. The minimum Gasteiger partial charge on any atom is -0.473 e. The van der Waals surface area contributed by atoms with Gasteiger partial charge < -0.3 is 4.74 Å². The molecule has 0 aliphatic heterocycles. The number of aromatic amines is 1. The van der Waals surface area contributed by atoms with Gasteiger partial charge in [0.25, 0.3) is 0 Å². The molecule has 15 heavy (non-hydrogen) atoms. The zero-order valence-corrected chi connectivity index (χ0v) is 9.46. The van der Waals surface area contributed by atoms with Crippen LogP contribution in [0, 0.1) is 6.92 Å². The SMILES string of the molecule is Cc1cc(OC2CCCCCCC2)n[nH]1. The quantitative estimate of drug-likeness (QED) is 0.810. The summed E-state index contributed by atoms with van der Waals surface area (Å²) in [7, 11) is 0. The van der Waals surface area contributed by atoms with Crippen LogP contribution < -0.4 is 4.74 Å². The number of ether oxygens (including phenoxy) is 1. The Morgan fingerprint density at radius 3 is 2.47 bits per heavy atom. The Hall–Kier alpha value is -0.990. The molecule has 2 rings (SSSR count). The van der Waals surface area contributed by atoms with E-state index in [1.807, 2.05) is 13.0 Å². The number of rotatable bonds is 2. The van der Waals surface area contributed by atoms with Gasteiger partial charge in [-0.05, 0) is 32.6 Å². The summed E-state index contributed by atoms with van der Waals surface area (Å²) in [5.74, 6) is 0.762. The first-order valence-corrected chi connectivity index (χ1v) is 6.03. The highest BCUT2D eigenvalue weighted by Crippen LogP contribution is 2.21. The lowest BCUT2D eigenvalue weighted by Crippen LogP contribution is -2.17. The van der Waals surface area contributed by atoms with Crippen molar-refractivity contribution in [1.82, 2.24) is 10.2 Å². The fraction of sp³-hybridized carbons (Fsp3) is 0.750. The van der Waals surface area contributed by atoms with Gasteiger partial charge in [-0.1, -0.05) is 19.3 Å². The van der Waals surface area contributed by atoms with Gasteiger partial charge in [0.2, 0.25) is 5.88 Å². The van der Waals surface area contributed by atoms with Gasteiger partial charge in [0.15, 0.2) is 0 Å². The minimum atomic E-state index is 0.382. The first kappa shape index (κ1) is 10.5. The highest BCUT2D eigenvalue weighted by molar-refractivity contribution is 5.12. The van der Waals surface area contributed by atoms with Crippen molar-refractivity contribution in [2.45, 2.75) is 58.0 Å². The van der Waals surface area contributed by atoms with Gasteiger partial charge in [0.05, 0.1) is 0 Å². The van der Waals surface area contributed by atoms with Gasteiger partial charge in [-0.15, -0.1) is 5.10 Å². The summed E-state index contributed by atoms with van der Waals surface area (Å²) in [6.07, 6.45) is 9.47. The van der Waals surface area contributed by atoms with Crippen LogP contribution in [0.15, 0.2) is 6.07 Å². The molecule has 0 atom stereocenters. The highest BCUT2D eigenvalue weighted by Gasteiger charge is 2.13. The van der Waals surface area contributed by atoms with Crippen LogP contribution in [-0.2, 0) is 0 Å². The summed E-state index contributed by atoms with van der Waals surface area (Å²) in [6.45, 7) is 2.00. The molecule has 3 nitrogen and oxygen atoms in total. The Morgan fingerprint density at radius 1 is 1.20 bits per heavy atom. The van der Waals surface area contributed by atoms with Crippen molar-refractivity contribution in [2.24, 2.45) is 0 Å². The summed E-state index contributed by atoms with van der Waals surface area (Å²) in [5.41, 5.74) is 1.07. The number of aryl methyl sites for hydroxylation is 1. The number of H-pyrrole nitrogens is 1. The minimum absolute atomic E-state index is 0.382. The molecule has 1 aliphatic carbocycles. The predicted molar refractivity (Wildman–Crippen MR) is 60.1 cm³/mol. The van der Waals surface area contributed by atoms with Crippen LogP contribution in [0.3, 0.4) is 0 Å². The molecule has 1 heterocycles. The molecule has 1 N–H and O–H groups in total. The van der Waals surface area contributed by atoms with E-state index < -0.39 is 0 Å². The van der Waals surface area contributed by atoms with Gasteiger partial charge in [0, 0.05) is 11.8 Å². The maximum Gasteiger partial charge on any atom is 0.233 e. The summed E-state index contributed by atoms with van der Waals surface area (Å²) in [4.78, 5) is 0. The van der Waals surface area contributed by atoms with Crippen molar-refractivity contribution in [3.8, 4) is 5.88 Å². The number of aromatic nitrogens is 2. The van der Waals surface area contributed by atoms with E-state index in [-0.39, 0.29) is 0 Å². The second-order valence-corrected chi connectivity index (χ2v) is 4.47. The van der Waals surface area contributed by atoms with Crippen LogP contribution in [0.4, 0.5) is 0 Å². The van der Waals surface area contributed by atoms with Crippen molar-refractivity contribution >= 4 is 0 Å². The predicted octanol–water partition coefficient (Wildman–Crippen LogP) is 3.21. The second-order valence-electron chi connectivity index (χ2n) is 4.47. The average molecular weight is 208 g/mol. The molecule has 1 aromatic rings. The zero-order chi connectivity index (χ0) is 10.5. The monoisotopic (exact) mass is 208 g/mol. The van der Waals surface area contributed by atoms with Crippen molar-refractivity contribution in [3.63, 3.8) is 0 Å². The number of nitrogens with zero attached hydrogens (tertiary/aromatic N) is 1. The fourth-order valence-corrected chi connectivity index (χ4v) is 2.16. The third-order valence-electron chi connectivity index (χ3n) is 3.02. The van der Waals surface area contributed by atoms with E-state index in [1.165, 1.54) is 44.9 Å². The lowest BCUT2D eigenvalue weighted by molar-refractivity contribution is 0.160. The van der Waals surface area contributed by atoms with Gasteiger partial charge in [-0.3, -0.25) is 5.10 Å². The van der Waals surface area contributed by atoms with E-state index in [9.17, 15) is 0 Å². The third-order valence-corrected chi connectivity index (χ3v) is 3.02. The Balaban J connectivity index is 1.86. The van der Waals surface area contributed by atoms with E-state index in [4.69, 9.17) is 4.74 Å². The topological polar surface area (TPSA) is 37.9 Å². The molecule has 0 unspecified atom stereocenters. The van der Waals surface area contributed by atoms with E-state index in [0.29, 0.717) is 6.10 Å². The molecule has 1 fully saturated rings. The van der Waals surface area contributed by atoms with Gasteiger partial charge in [-0.2, -0.15) is 0 Å². The lowest BCUT2D eigenvalue weighted by atomic mass is 9.99. The summed E-state index contributed by atoms with van der Waals surface area (Å²) >= 11 is 0. The van der Waals surface area contributed by atoms with Gasteiger partial charge >= 0.3 is 0 Å². The van der Waals surface area contributed by atoms with Crippen LogP contribution >= 0.6 is 0 Å². The van der Waals surface area contributed by atoms with E-state index in [0.717, 1.165) is 11.6 Å². The van der Waals surface area contributed by atoms with Crippen molar-refractivity contribution in [1.29, 1.82) is 0 Å². The standard InChI is InChI=1S/C12H20N2O/c1-10-9-12(14-13-10)15-11-7-5-3-2-4-6-8-11/h9,11H,2-8H2,1H3,(H,13,14). The van der Waals surface area contributed by atoms with E-state index in [2.05, 4.69) is 10.2 Å². The fourth-order valence-electron chi connectivity index (χ4n) is 2.16. The van der Waals surface area contributed by atoms with Crippen molar-refractivity contribution < 1.29 is 4.74 Å². The Morgan fingerprint density at radius 2 is 1.87 bits per heavy atom. The Bertz CT molecular complexity index is 288. The van der Waals surface area contributed by atoms with Crippen LogP contribution in [0.25, 0.3) is 0 Å². The average Bonchev–Trinajstić information content (AvgIpc) is 2.56. The molecule has 0 saturated heterocycles. The molecule has 84 valence electrons. The van der Waals surface area contributed by atoms with Crippen LogP contribution in [0.5, 0.6) is 5.88 Å². The maximum absolute atomic E-state index is 5.87. The molecule has 3 heteroatoms. The van der Waals surface area contributed by atoms with Crippen LogP contribution in [0.1, 0.15) is 50.6 Å². The second kappa shape index (κ2) is 5.19. The number of nitrogens with one attached hydrogen (secondary N) is 1. The van der Waals surface area contributed by atoms with Crippen LogP contribution in [-0.4, -0.2) is 16.3 Å². The van der Waals surface area contributed by atoms with Crippen LogP contribution in [0.2, 0.25) is 0 Å². The Kier molecular flexibility index (Phi) is 3.64. The molecular formula is C12H20N2O. The lowest BCUT2D eigenvalue weighted by Gasteiger charge is -2.19. The molecule has 1 aliphatic rings. The molecule has 0 aromatic carbocycles. The maximum atomic E-state index is 5.87. The molecule has 0 radical (unpaired) electrons. The largest absolute Gasteiger partial charge is 0.473 e. The smallest absolute Gasteiger partial charge is 0.233 e. The summed E-state index contributed by atoms with van der Waals surface area (Å²) in [5, 5.41) is 7.03. The molecular weight excluding hydrogens is 188 g/mol. The van der Waals surface area contributed by atoms with E-state index in [1.54, 1.807) is 0 Å². The Labute approximate surface area is 91.2 Å².